The van der Waals surface area contributed by atoms with Gasteiger partial charge in [0.1, 0.15) is 0 Å². The second-order valence-corrected chi connectivity index (χ2v) is 4.43. The second kappa shape index (κ2) is 4.61. The van der Waals surface area contributed by atoms with Gasteiger partial charge in [0.15, 0.2) is 0 Å². The summed E-state index contributed by atoms with van der Waals surface area (Å²) in [6, 6.07) is 17.2. The molecule has 2 aromatic rings. The standard InChI is InChI=1S/C16H13NO2/c18-16(19)14-13-9-5-4-8-12(13)10-17-15(14)11-6-2-1-3-7-11/h1-9,17H,10H2,(H,18,19). The van der Waals surface area contributed by atoms with Gasteiger partial charge in [-0.05, 0) is 16.7 Å². The van der Waals surface area contributed by atoms with Gasteiger partial charge in [-0.3, -0.25) is 0 Å². The molecule has 19 heavy (non-hydrogen) atoms. The number of benzene rings is 2. The van der Waals surface area contributed by atoms with Crippen LogP contribution in [0.1, 0.15) is 16.7 Å². The molecule has 1 heterocycles. The van der Waals surface area contributed by atoms with Crippen LogP contribution in [0.2, 0.25) is 0 Å². The van der Waals surface area contributed by atoms with Crippen molar-refractivity contribution in [1.82, 2.24) is 5.32 Å². The lowest BCUT2D eigenvalue weighted by atomic mass is 9.92. The van der Waals surface area contributed by atoms with Gasteiger partial charge in [-0.25, -0.2) is 4.79 Å². The average molecular weight is 251 g/mol. The Morgan fingerprint density at radius 2 is 1.68 bits per heavy atom. The molecule has 2 aromatic carbocycles. The number of carboxylic acid groups (broad SMARTS) is 1. The summed E-state index contributed by atoms with van der Waals surface area (Å²) >= 11 is 0. The van der Waals surface area contributed by atoms with E-state index in [0.29, 0.717) is 17.8 Å². The van der Waals surface area contributed by atoms with Crippen LogP contribution in [-0.4, -0.2) is 11.1 Å². The zero-order valence-corrected chi connectivity index (χ0v) is 10.3. The van der Waals surface area contributed by atoms with Crippen molar-refractivity contribution >= 4 is 17.2 Å². The lowest BCUT2D eigenvalue weighted by molar-refractivity contribution is -0.130. The van der Waals surface area contributed by atoms with Crippen LogP contribution in [0.5, 0.6) is 0 Å². The van der Waals surface area contributed by atoms with E-state index in [1.165, 1.54) is 0 Å². The zero-order valence-electron chi connectivity index (χ0n) is 10.3. The molecule has 0 bridgehead atoms. The van der Waals surface area contributed by atoms with Crippen LogP contribution >= 0.6 is 0 Å². The molecule has 0 atom stereocenters. The molecule has 3 rings (SSSR count). The van der Waals surface area contributed by atoms with Gasteiger partial charge in [0, 0.05) is 6.54 Å². The van der Waals surface area contributed by atoms with Gasteiger partial charge in [-0.15, -0.1) is 0 Å². The van der Waals surface area contributed by atoms with Crippen molar-refractivity contribution in [3.05, 3.63) is 71.3 Å². The van der Waals surface area contributed by atoms with Gasteiger partial charge >= 0.3 is 5.97 Å². The molecule has 0 saturated carbocycles. The number of fused-ring (bicyclic) bond motifs is 1. The van der Waals surface area contributed by atoms with Crippen molar-refractivity contribution in [2.75, 3.05) is 0 Å². The van der Waals surface area contributed by atoms with E-state index in [1.54, 1.807) is 0 Å². The van der Waals surface area contributed by atoms with Crippen LogP contribution in [0.15, 0.2) is 54.6 Å². The van der Waals surface area contributed by atoms with Crippen LogP contribution < -0.4 is 5.32 Å². The van der Waals surface area contributed by atoms with Crippen molar-refractivity contribution in [3.63, 3.8) is 0 Å². The Morgan fingerprint density at radius 1 is 1.00 bits per heavy atom. The van der Waals surface area contributed by atoms with E-state index in [-0.39, 0.29) is 0 Å². The molecule has 3 heteroatoms. The number of carboxylic acids is 1. The first kappa shape index (κ1) is 11.5. The quantitative estimate of drug-likeness (QED) is 0.862. The molecule has 0 unspecified atom stereocenters. The van der Waals surface area contributed by atoms with Gasteiger partial charge < -0.3 is 10.4 Å². The van der Waals surface area contributed by atoms with E-state index in [2.05, 4.69) is 5.32 Å². The van der Waals surface area contributed by atoms with Crippen molar-refractivity contribution in [2.24, 2.45) is 0 Å². The summed E-state index contributed by atoms with van der Waals surface area (Å²) in [7, 11) is 0. The van der Waals surface area contributed by atoms with E-state index in [9.17, 15) is 9.90 Å². The first-order valence-electron chi connectivity index (χ1n) is 6.12. The highest BCUT2D eigenvalue weighted by molar-refractivity contribution is 6.24. The first-order valence-corrected chi connectivity index (χ1v) is 6.12. The minimum atomic E-state index is -0.904. The van der Waals surface area contributed by atoms with Gasteiger partial charge in [0.25, 0.3) is 0 Å². The smallest absolute Gasteiger partial charge is 0.338 e. The Labute approximate surface area is 111 Å². The summed E-state index contributed by atoms with van der Waals surface area (Å²) in [5.41, 5.74) is 3.74. The highest BCUT2D eigenvalue weighted by Gasteiger charge is 2.24. The number of nitrogens with one attached hydrogen (secondary N) is 1. The predicted octanol–water partition coefficient (Wildman–Crippen LogP) is 2.74. The fraction of sp³-hybridized carbons (Fsp3) is 0.0625. The molecule has 2 N–H and O–H groups in total. The van der Waals surface area contributed by atoms with Crippen LogP contribution in [0.3, 0.4) is 0 Å². The van der Waals surface area contributed by atoms with E-state index in [1.807, 2.05) is 54.6 Å². The first-order chi connectivity index (χ1) is 9.27. The summed E-state index contributed by atoms with van der Waals surface area (Å²) in [5, 5.41) is 12.7. The monoisotopic (exact) mass is 251 g/mol. The third kappa shape index (κ3) is 1.99. The number of carbonyl (C=O) groups is 1. The maximum atomic E-state index is 11.6. The lowest BCUT2D eigenvalue weighted by Gasteiger charge is -2.23. The fourth-order valence-corrected chi connectivity index (χ4v) is 2.40. The Balaban J connectivity index is 2.24. The predicted molar refractivity (Wildman–Crippen MR) is 74.2 cm³/mol. The van der Waals surface area contributed by atoms with Crippen molar-refractivity contribution in [3.8, 4) is 0 Å². The Kier molecular flexibility index (Phi) is 2.80. The molecule has 0 amide bonds. The normalized spacial score (nSPS) is 13.7. The largest absolute Gasteiger partial charge is 0.478 e. The van der Waals surface area contributed by atoms with Gasteiger partial charge in [0.05, 0.1) is 11.3 Å². The molecular weight excluding hydrogens is 238 g/mol. The van der Waals surface area contributed by atoms with Crippen molar-refractivity contribution in [1.29, 1.82) is 0 Å². The van der Waals surface area contributed by atoms with E-state index in [0.717, 1.165) is 16.7 Å². The van der Waals surface area contributed by atoms with Crippen molar-refractivity contribution < 1.29 is 9.90 Å². The Bertz CT molecular complexity index is 659. The molecule has 0 aliphatic carbocycles. The van der Waals surface area contributed by atoms with Crippen LogP contribution in [0, 0.1) is 0 Å². The zero-order chi connectivity index (χ0) is 13.2. The van der Waals surface area contributed by atoms with E-state index < -0.39 is 5.97 Å². The fourth-order valence-electron chi connectivity index (χ4n) is 2.40. The topological polar surface area (TPSA) is 49.3 Å². The summed E-state index contributed by atoms with van der Waals surface area (Å²) < 4.78 is 0. The minimum Gasteiger partial charge on any atom is -0.478 e. The molecule has 0 saturated heterocycles. The summed E-state index contributed by atoms with van der Waals surface area (Å²) in [6.07, 6.45) is 0. The summed E-state index contributed by atoms with van der Waals surface area (Å²) in [4.78, 5) is 11.6. The highest BCUT2D eigenvalue weighted by atomic mass is 16.4. The SMILES string of the molecule is O=C(O)C1=C(c2ccccc2)NCc2ccccc21. The number of aliphatic carboxylic acids is 1. The molecule has 3 nitrogen and oxygen atoms in total. The van der Waals surface area contributed by atoms with Crippen LogP contribution in [-0.2, 0) is 11.3 Å². The second-order valence-electron chi connectivity index (χ2n) is 4.43. The average Bonchev–Trinajstić information content (AvgIpc) is 2.46. The van der Waals surface area contributed by atoms with Crippen LogP contribution in [0.25, 0.3) is 11.3 Å². The van der Waals surface area contributed by atoms with Crippen LogP contribution in [0.4, 0.5) is 0 Å². The Hall–Kier alpha value is -2.55. The molecule has 0 spiro atoms. The number of hydrogen-bond donors (Lipinski definition) is 2. The molecule has 1 aliphatic heterocycles. The third-order valence-corrected chi connectivity index (χ3v) is 3.27. The summed E-state index contributed by atoms with van der Waals surface area (Å²) in [6.45, 7) is 0.650. The minimum absolute atomic E-state index is 0.341. The van der Waals surface area contributed by atoms with E-state index in [4.69, 9.17) is 0 Å². The van der Waals surface area contributed by atoms with Crippen molar-refractivity contribution in [2.45, 2.75) is 6.54 Å². The van der Waals surface area contributed by atoms with Gasteiger partial charge in [0.2, 0.25) is 0 Å². The molecule has 0 radical (unpaired) electrons. The summed E-state index contributed by atoms with van der Waals surface area (Å²) in [5.74, 6) is -0.904. The third-order valence-electron chi connectivity index (χ3n) is 3.27. The maximum Gasteiger partial charge on any atom is 0.338 e. The van der Waals surface area contributed by atoms with Gasteiger partial charge in [-0.1, -0.05) is 54.6 Å². The molecule has 94 valence electrons. The van der Waals surface area contributed by atoms with E-state index >= 15 is 0 Å². The Morgan fingerprint density at radius 3 is 2.42 bits per heavy atom. The molecular formula is C16H13NO2. The molecule has 0 fully saturated rings. The number of hydrogen-bond acceptors (Lipinski definition) is 2. The maximum absolute atomic E-state index is 11.6. The van der Waals surface area contributed by atoms with Gasteiger partial charge in [-0.2, -0.15) is 0 Å². The molecule has 0 aromatic heterocycles. The molecule has 1 aliphatic rings. The lowest BCUT2D eigenvalue weighted by Crippen LogP contribution is -2.22. The number of rotatable bonds is 2. The highest BCUT2D eigenvalue weighted by Crippen LogP contribution is 2.31.